The van der Waals surface area contributed by atoms with E-state index in [0.29, 0.717) is 31.4 Å². The normalized spacial score (nSPS) is 12.3. The molecule has 0 saturated carbocycles. The number of aliphatic hydroxyl groups excluding tert-OH is 2. The number of aliphatic hydroxyl groups is 2. The number of nitrogens with two attached hydrogens (primary N) is 2. The Morgan fingerprint density at radius 3 is 2.66 bits per heavy atom. The third kappa shape index (κ3) is 8.20. The molecule has 4 rings (SSSR count). The molecule has 0 fully saturated rings. The average Bonchev–Trinajstić information content (AvgIpc) is 3.53. The first-order valence-corrected chi connectivity index (χ1v) is 14.3. The summed E-state index contributed by atoms with van der Waals surface area (Å²) < 4.78 is 7.83. The molecule has 0 aliphatic heterocycles. The maximum Gasteiger partial charge on any atom is 0.165 e. The van der Waals surface area contributed by atoms with Crippen LogP contribution in [-0.2, 0) is 31.0 Å². The van der Waals surface area contributed by atoms with Crippen molar-refractivity contribution in [3.63, 3.8) is 0 Å². The van der Waals surface area contributed by atoms with Gasteiger partial charge in [0.1, 0.15) is 5.78 Å². The molecule has 1 atom stereocenters. The minimum absolute atomic E-state index is 0.0272. The van der Waals surface area contributed by atoms with Crippen molar-refractivity contribution in [2.75, 3.05) is 0 Å². The first-order valence-electron chi connectivity index (χ1n) is 14.3. The first kappa shape index (κ1) is 30.3. The Hall–Kier alpha value is -3.63. The monoisotopic (exact) mass is 562 g/mol. The number of ketones is 1. The second-order valence-corrected chi connectivity index (χ2v) is 10.8. The number of ether oxygens (including phenoxy) is 1. The zero-order valence-corrected chi connectivity index (χ0v) is 23.7. The van der Waals surface area contributed by atoms with Crippen molar-refractivity contribution < 1.29 is 24.9 Å². The topological polar surface area (TPSA) is 160 Å². The van der Waals surface area contributed by atoms with Gasteiger partial charge in [0.15, 0.2) is 18.2 Å². The Morgan fingerprint density at radius 2 is 1.90 bits per heavy atom. The van der Waals surface area contributed by atoms with Crippen LogP contribution >= 0.6 is 0 Å². The van der Waals surface area contributed by atoms with Crippen LogP contribution in [-0.4, -0.2) is 36.8 Å². The fraction of sp³-hybridized carbons (Fsp3) is 0.406. The van der Waals surface area contributed by atoms with E-state index < -0.39 is 12.3 Å². The lowest BCUT2D eigenvalue weighted by molar-refractivity contribution is -0.121. The summed E-state index contributed by atoms with van der Waals surface area (Å²) in [5.74, 6) is 0.403. The zero-order chi connectivity index (χ0) is 29.4. The summed E-state index contributed by atoms with van der Waals surface area (Å²) in [4.78, 5) is 15.6. The molecule has 8 N–H and O–H groups in total. The molecule has 4 aromatic rings. The fourth-order valence-corrected chi connectivity index (χ4v) is 5.07. The van der Waals surface area contributed by atoms with Gasteiger partial charge in [-0.2, -0.15) is 0 Å². The van der Waals surface area contributed by atoms with Crippen LogP contribution < -0.4 is 16.2 Å². The third-order valence-electron chi connectivity index (χ3n) is 7.48. The summed E-state index contributed by atoms with van der Waals surface area (Å²) >= 11 is 0. The number of aryl methyl sites for hydroxylation is 1. The molecule has 9 nitrogen and oxygen atoms in total. The minimum Gasteiger partial charge on any atom is -0.504 e. The van der Waals surface area contributed by atoms with Gasteiger partial charge < -0.3 is 41.1 Å². The number of nitrogens with zero attached hydrogens (tertiary/aromatic N) is 1. The summed E-state index contributed by atoms with van der Waals surface area (Å²) in [5.41, 5.74) is 17.2. The van der Waals surface area contributed by atoms with Crippen molar-refractivity contribution in [1.82, 2.24) is 9.55 Å². The van der Waals surface area contributed by atoms with Crippen molar-refractivity contribution in [3.05, 3.63) is 82.8 Å². The van der Waals surface area contributed by atoms with Gasteiger partial charge in [-0.25, -0.2) is 0 Å². The zero-order valence-electron chi connectivity index (χ0n) is 23.7. The second-order valence-electron chi connectivity index (χ2n) is 10.8. The highest BCUT2D eigenvalue weighted by Crippen LogP contribution is 2.29. The predicted molar refractivity (Wildman–Crippen MR) is 159 cm³/mol. The number of aromatic hydroxyl groups is 1. The molecule has 0 radical (unpaired) electrons. The Bertz CT molecular complexity index is 1440. The molecule has 0 aliphatic rings. The van der Waals surface area contributed by atoms with Crippen LogP contribution in [0.2, 0.25) is 0 Å². The minimum atomic E-state index is -0.588. The Kier molecular flexibility index (Phi) is 10.6. The number of Topliss-reactive ketones (excluding diaryl/α,β-unsaturated/α-hetero) is 1. The smallest absolute Gasteiger partial charge is 0.165 e. The van der Waals surface area contributed by atoms with Gasteiger partial charge in [0.25, 0.3) is 0 Å². The number of carbonyl (C=O) groups is 1. The van der Waals surface area contributed by atoms with E-state index in [1.54, 1.807) is 18.2 Å². The van der Waals surface area contributed by atoms with Crippen LogP contribution in [0, 0.1) is 0 Å². The Labute approximate surface area is 240 Å². The Balaban J connectivity index is 1.37. The number of H-pyrrole nitrogens is 1. The number of aromatic nitrogens is 2. The summed E-state index contributed by atoms with van der Waals surface area (Å²) in [7, 11) is 0. The van der Waals surface area contributed by atoms with E-state index in [2.05, 4.69) is 11.9 Å². The molecule has 2 heterocycles. The summed E-state index contributed by atoms with van der Waals surface area (Å²) in [6.45, 7) is 2.22. The third-order valence-corrected chi connectivity index (χ3v) is 7.48. The quantitative estimate of drug-likeness (QED) is 0.0863. The number of fused-ring (bicyclic) bond motifs is 1. The highest BCUT2D eigenvalue weighted by atomic mass is 16.5. The van der Waals surface area contributed by atoms with Crippen molar-refractivity contribution in [1.29, 1.82) is 0 Å². The van der Waals surface area contributed by atoms with Crippen LogP contribution in [0.5, 0.6) is 11.5 Å². The Morgan fingerprint density at radius 1 is 1.07 bits per heavy atom. The molecular weight excluding hydrogens is 520 g/mol. The van der Waals surface area contributed by atoms with Crippen LogP contribution in [0.15, 0.2) is 55.0 Å². The van der Waals surface area contributed by atoms with Crippen LogP contribution in [0.3, 0.4) is 0 Å². The lowest BCUT2D eigenvalue weighted by Gasteiger charge is -2.12. The van der Waals surface area contributed by atoms with E-state index in [-0.39, 0.29) is 31.3 Å². The number of hydrogen-bond acceptors (Lipinski definition) is 7. The summed E-state index contributed by atoms with van der Waals surface area (Å²) in [6, 6.07) is 10.7. The van der Waals surface area contributed by atoms with Gasteiger partial charge >= 0.3 is 0 Å². The molecule has 2 aromatic heterocycles. The lowest BCUT2D eigenvalue weighted by Crippen LogP contribution is -2.20. The van der Waals surface area contributed by atoms with Crippen LogP contribution in [0.1, 0.15) is 79.4 Å². The molecule has 0 bridgehead atoms. The van der Waals surface area contributed by atoms with Gasteiger partial charge in [0.2, 0.25) is 0 Å². The number of aromatic amines is 1. The molecule has 2 aromatic carbocycles. The van der Waals surface area contributed by atoms with Crippen LogP contribution in [0.4, 0.5) is 0 Å². The van der Waals surface area contributed by atoms with Gasteiger partial charge in [0, 0.05) is 36.8 Å². The number of phenolic OH excluding ortho intramolecular Hbond substituents is 1. The maximum absolute atomic E-state index is 12.3. The molecule has 0 spiro atoms. The van der Waals surface area contributed by atoms with E-state index >= 15 is 0 Å². The fourth-order valence-electron chi connectivity index (χ4n) is 5.07. The molecule has 220 valence electrons. The van der Waals surface area contributed by atoms with Crippen molar-refractivity contribution in [3.8, 4) is 11.5 Å². The molecule has 0 saturated heterocycles. The largest absolute Gasteiger partial charge is 0.504 e. The predicted octanol–water partition coefficient (Wildman–Crippen LogP) is 4.54. The number of nitrogens with one attached hydrogen (secondary N) is 1. The lowest BCUT2D eigenvalue weighted by atomic mass is 9.97. The SMILES string of the molecule is CCCCCC(O)CC(=O)CCc1ccc(O)c(OCn2cc3[nH]cc(Cc4cc(C(N)N)ccc4CO)c3c2)c1. The number of hydrogen-bond donors (Lipinski definition) is 6. The second kappa shape index (κ2) is 14.3. The van der Waals surface area contributed by atoms with Gasteiger partial charge in [-0.15, -0.1) is 0 Å². The molecule has 1 unspecified atom stereocenters. The molecular formula is C32H42N4O5. The van der Waals surface area contributed by atoms with E-state index in [9.17, 15) is 20.1 Å². The number of carbonyl (C=O) groups excluding carboxylic acids is 1. The highest BCUT2D eigenvalue weighted by Gasteiger charge is 2.14. The molecule has 41 heavy (non-hydrogen) atoms. The summed E-state index contributed by atoms with van der Waals surface area (Å²) in [5, 5.41) is 31.3. The average molecular weight is 563 g/mol. The van der Waals surface area contributed by atoms with Gasteiger partial charge in [-0.1, -0.05) is 50.5 Å². The highest BCUT2D eigenvalue weighted by molar-refractivity contribution is 5.83. The molecule has 9 heteroatoms. The van der Waals surface area contributed by atoms with Gasteiger partial charge in [0.05, 0.1) is 24.4 Å². The van der Waals surface area contributed by atoms with E-state index in [0.717, 1.165) is 58.0 Å². The number of phenols is 1. The van der Waals surface area contributed by atoms with Gasteiger partial charge in [-0.05, 0) is 59.2 Å². The van der Waals surface area contributed by atoms with Gasteiger partial charge in [-0.3, -0.25) is 4.79 Å². The molecule has 0 aliphatic carbocycles. The first-order chi connectivity index (χ1) is 19.8. The van der Waals surface area contributed by atoms with E-state index in [1.807, 2.05) is 41.4 Å². The van der Waals surface area contributed by atoms with Crippen molar-refractivity contribution in [2.24, 2.45) is 11.5 Å². The molecule has 0 amide bonds. The van der Waals surface area contributed by atoms with Crippen molar-refractivity contribution in [2.45, 2.75) is 83.9 Å². The maximum atomic E-state index is 12.3. The van der Waals surface area contributed by atoms with E-state index in [1.165, 1.54) is 0 Å². The van der Waals surface area contributed by atoms with Crippen LogP contribution in [0.25, 0.3) is 10.9 Å². The summed E-state index contributed by atoms with van der Waals surface area (Å²) in [6.07, 6.45) is 10.1. The number of benzene rings is 2. The number of rotatable bonds is 16. The van der Waals surface area contributed by atoms with E-state index in [4.69, 9.17) is 16.2 Å². The standard InChI is InChI=1S/C32H42N4O5/c1-2-3-4-5-26(38)15-27(39)10-6-21-7-11-30(40)31(12-21)41-20-36-17-28-25(16-35-29(28)18-36)14-24-13-22(32(33)34)8-9-23(24)19-37/h7-9,11-13,16-18,26,32,35,37-38,40H,2-6,10,14-15,19-20,33-34H2,1H3. The van der Waals surface area contributed by atoms with Crippen molar-refractivity contribution >= 4 is 16.7 Å². The number of unbranched alkanes of at least 4 members (excludes halogenated alkanes) is 2.